The highest BCUT2D eigenvalue weighted by Gasteiger charge is 2.18. The molecule has 0 saturated carbocycles. The SMILES string of the molecule is CCCCc1ccc(C(NC(=O)CCCNC(=O)c2ccco2)c2cccs2)cc1. The summed E-state index contributed by atoms with van der Waals surface area (Å²) in [5.74, 6) is -0.0182. The monoisotopic (exact) mass is 424 g/mol. The normalized spacial score (nSPS) is 11.8. The van der Waals surface area contributed by atoms with Crippen LogP contribution in [0.25, 0.3) is 0 Å². The Morgan fingerprint density at radius 2 is 1.90 bits per heavy atom. The van der Waals surface area contributed by atoms with Gasteiger partial charge in [-0.1, -0.05) is 43.7 Å². The Hall–Kier alpha value is -2.86. The summed E-state index contributed by atoms with van der Waals surface area (Å²) in [7, 11) is 0. The van der Waals surface area contributed by atoms with Crippen molar-refractivity contribution in [1.29, 1.82) is 0 Å². The molecule has 0 spiro atoms. The Kier molecular flexibility index (Phi) is 8.27. The standard InChI is InChI=1S/C24H28N2O3S/c1-2-3-7-18-11-13-19(14-12-18)23(21-9-6-17-30-21)26-22(27)10-4-15-25-24(28)20-8-5-16-29-20/h5-6,8-9,11-14,16-17,23H,2-4,7,10,15H2,1H3,(H,25,28)(H,26,27). The first-order valence-electron chi connectivity index (χ1n) is 10.4. The maximum atomic E-state index is 12.6. The van der Waals surface area contributed by atoms with Crippen LogP contribution in [0.5, 0.6) is 0 Å². The Morgan fingerprint density at radius 3 is 2.57 bits per heavy atom. The number of carbonyl (C=O) groups excluding carboxylic acids is 2. The summed E-state index contributed by atoms with van der Waals surface area (Å²) < 4.78 is 5.06. The number of nitrogens with one attached hydrogen (secondary N) is 2. The molecule has 0 radical (unpaired) electrons. The van der Waals surface area contributed by atoms with Crippen LogP contribution in [-0.2, 0) is 11.2 Å². The van der Waals surface area contributed by atoms with Crippen molar-refractivity contribution in [2.24, 2.45) is 0 Å². The predicted octanol–water partition coefficient (Wildman–Crippen LogP) is 5.10. The van der Waals surface area contributed by atoms with E-state index in [2.05, 4.69) is 41.8 Å². The fourth-order valence-corrected chi connectivity index (χ4v) is 4.01. The van der Waals surface area contributed by atoms with Gasteiger partial charge in [-0.15, -0.1) is 11.3 Å². The van der Waals surface area contributed by atoms with Crippen molar-refractivity contribution in [2.45, 2.75) is 45.1 Å². The summed E-state index contributed by atoms with van der Waals surface area (Å²) >= 11 is 1.63. The van der Waals surface area contributed by atoms with Gasteiger partial charge in [-0.25, -0.2) is 0 Å². The van der Waals surface area contributed by atoms with Gasteiger partial charge < -0.3 is 15.1 Å². The molecule has 0 aliphatic carbocycles. The van der Waals surface area contributed by atoms with Gasteiger partial charge in [-0.2, -0.15) is 0 Å². The number of benzene rings is 1. The molecule has 6 heteroatoms. The van der Waals surface area contributed by atoms with E-state index >= 15 is 0 Å². The lowest BCUT2D eigenvalue weighted by Gasteiger charge is -2.19. The van der Waals surface area contributed by atoms with Gasteiger partial charge in [-0.05, 0) is 54.0 Å². The molecule has 2 N–H and O–H groups in total. The second-order valence-electron chi connectivity index (χ2n) is 7.20. The van der Waals surface area contributed by atoms with Crippen molar-refractivity contribution in [2.75, 3.05) is 6.54 Å². The van der Waals surface area contributed by atoms with Crippen LogP contribution in [0.1, 0.15) is 65.2 Å². The average Bonchev–Trinajstić information content (AvgIpc) is 3.48. The molecule has 2 aromatic heterocycles. The van der Waals surface area contributed by atoms with E-state index in [0.29, 0.717) is 19.4 Å². The van der Waals surface area contributed by atoms with E-state index in [-0.39, 0.29) is 23.6 Å². The maximum absolute atomic E-state index is 12.6. The lowest BCUT2D eigenvalue weighted by atomic mass is 10.0. The summed E-state index contributed by atoms with van der Waals surface area (Å²) in [6.07, 6.45) is 5.80. The van der Waals surface area contributed by atoms with Crippen LogP contribution in [0, 0.1) is 0 Å². The third-order valence-electron chi connectivity index (χ3n) is 4.88. The molecular weight excluding hydrogens is 396 g/mol. The van der Waals surface area contributed by atoms with Crippen LogP contribution in [0.4, 0.5) is 0 Å². The van der Waals surface area contributed by atoms with E-state index in [1.807, 2.05) is 17.5 Å². The van der Waals surface area contributed by atoms with Crippen molar-refractivity contribution in [3.63, 3.8) is 0 Å². The number of rotatable bonds is 11. The highest BCUT2D eigenvalue weighted by molar-refractivity contribution is 7.10. The second kappa shape index (κ2) is 11.4. The Morgan fingerprint density at radius 1 is 1.07 bits per heavy atom. The molecule has 0 aliphatic rings. The van der Waals surface area contributed by atoms with Crippen LogP contribution in [0.3, 0.4) is 0 Å². The molecule has 1 unspecified atom stereocenters. The number of carbonyl (C=O) groups is 2. The minimum Gasteiger partial charge on any atom is -0.459 e. The molecule has 2 heterocycles. The van der Waals surface area contributed by atoms with Gasteiger partial charge in [0.25, 0.3) is 5.91 Å². The molecule has 1 aromatic carbocycles. The smallest absolute Gasteiger partial charge is 0.286 e. The van der Waals surface area contributed by atoms with E-state index in [9.17, 15) is 9.59 Å². The van der Waals surface area contributed by atoms with Crippen LogP contribution in [-0.4, -0.2) is 18.4 Å². The number of furan rings is 1. The zero-order valence-corrected chi connectivity index (χ0v) is 18.0. The quantitative estimate of drug-likeness (QED) is 0.421. The molecule has 5 nitrogen and oxygen atoms in total. The van der Waals surface area contributed by atoms with Crippen molar-refractivity contribution < 1.29 is 14.0 Å². The molecule has 0 bridgehead atoms. The predicted molar refractivity (Wildman–Crippen MR) is 120 cm³/mol. The molecule has 3 aromatic rings. The van der Waals surface area contributed by atoms with Gasteiger partial charge in [0, 0.05) is 17.8 Å². The molecular formula is C24H28N2O3S. The molecule has 0 fully saturated rings. The first kappa shape index (κ1) is 21.8. The molecule has 30 heavy (non-hydrogen) atoms. The van der Waals surface area contributed by atoms with Crippen molar-refractivity contribution in [1.82, 2.24) is 10.6 Å². The molecule has 0 saturated heterocycles. The van der Waals surface area contributed by atoms with E-state index in [1.54, 1.807) is 23.5 Å². The highest BCUT2D eigenvalue weighted by atomic mass is 32.1. The molecule has 1 atom stereocenters. The van der Waals surface area contributed by atoms with Gasteiger partial charge in [0.2, 0.25) is 5.91 Å². The van der Waals surface area contributed by atoms with Crippen molar-refractivity contribution in [3.05, 3.63) is 81.9 Å². The van der Waals surface area contributed by atoms with Gasteiger partial charge in [0.1, 0.15) is 0 Å². The van der Waals surface area contributed by atoms with E-state index in [1.165, 1.54) is 24.7 Å². The summed E-state index contributed by atoms with van der Waals surface area (Å²) in [5, 5.41) is 7.94. The minimum absolute atomic E-state index is 0.0318. The Labute approximate surface area is 181 Å². The van der Waals surface area contributed by atoms with Crippen LogP contribution in [0.2, 0.25) is 0 Å². The first-order chi connectivity index (χ1) is 14.7. The second-order valence-corrected chi connectivity index (χ2v) is 8.18. The molecule has 158 valence electrons. The number of aryl methyl sites for hydroxylation is 1. The van der Waals surface area contributed by atoms with E-state index in [4.69, 9.17) is 4.42 Å². The van der Waals surface area contributed by atoms with Crippen LogP contribution < -0.4 is 10.6 Å². The van der Waals surface area contributed by atoms with Gasteiger partial charge >= 0.3 is 0 Å². The lowest BCUT2D eigenvalue weighted by Crippen LogP contribution is -2.30. The summed E-state index contributed by atoms with van der Waals surface area (Å²) in [6, 6.07) is 15.7. The fraction of sp³-hybridized carbons (Fsp3) is 0.333. The zero-order valence-electron chi connectivity index (χ0n) is 17.2. The number of hydrogen-bond donors (Lipinski definition) is 2. The topological polar surface area (TPSA) is 71.3 Å². The van der Waals surface area contributed by atoms with Crippen molar-refractivity contribution >= 4 is 23.2 Å². The Balaban J connectivity index is 1.53. The largest absolute Gasteiger partial charge is 0.459 e. The van der Waals surface area contributed by atoms with Gasteiger partial charge in [0.15, 0.2) is 5.76 Å². The van der Waals surface area contributed by atoms with Gasteiger partial charge in [0.05, 0.1) is 12.3 Å². The number of amides is 2. The average molecular weight is 425 g/mol. The van der Waals surface area contributed by atoms with Gasteiger partial charge in [-0.3, -0.25) is 9.59 Å². The van der Waals surface area contributed by atoms with Crippen LogP contribution >= 0.6 is 11.3 Å². The first-order valence-corrected chi connectivity index (χ1v) is 11.3. The summed E-state index contributed by atoms with van der Waals surface area (Å²) in [6.45, 7) is 2.61. The third kappa shape index (κ3) is 6.32. The molecule has 2 amide bonds. The van der Waals surface area contributed by atoms with Crippen LogP contribution in [0.15, 0.2) is 64.6 Å². The third-order valence-corrected chi connectivity index (χ3v) is 5.81. The highest BCUT2D eigenvalue weighted by Crippen LogP contribution is 2.26. The maximum Gasteiger partial charge on any atom is 0.286 e. The fourth-order valence-electron chi connectivity index (χ4n) is 3.21. The van der Waals surface area contributed by atoms with E-state index < -0.39 is 0 Å². The van der Waals surface area contributed by atoms with E-state index in [0.717, 1.165) is 16.9 Å². The molecule has 0 aliphatic heterocycles. The number of hydrogen-bond acceptors (Lipinski definition) is 4. The minimum atomic E-state index is -0.264. The Bertz CT molecular complexity index is 903. The lowest BCUT2D eigenvalue weighted by molar-refractivity contribution is -0.121. The summed E-state index contributed by atoms with van der Waals surface area (Å²) in [5.41, 5.74) is 2.40. The molecule has 3 rings (SSSR count). The number of thiophene rings is 1. The van der Waals surface area contributed by atoms with Crippen molar-refractivity contribution in [3.8, 4) is 0 Å². The summed E-state index contributed by atoms with van der Waals surface area (Å²) in [4.78, 5) is 25.5. The number of unbranched alkanes of at least 4 members (excludes halogenated alkanes) is 1. The zero-order chi connectivity index (χ0) is 21.2.